The molecule has 1 aliphatic heterocycles. The fraction of sp³-hybridized carbons (Fsp3) is 0.538. The number of nitrogens with two attached hydrogens (primary N) is 1. The van der Waals surface area contributed by atoms with Crippen molar-refractivity contribution in [2.75, 3.05) is 22.6 Å². The number of anilines is 2. The fourth-order valence-electron chi connectivity index (χ4n) is 2.40. The van der Waals surface area contributed by atoms with Gasteiger partial charge in [0.1, 0.15) is 10.6 Å². The third kappa shape index (κ3) is 2.78. The summed E-state index contributed by atoms with van der Waals surface area (Å²) in [5.74, 6) is 2.67. The SMILES string of the molecule is CCc1cc2c(NC3CCS(=O)CC3)nc(N)nc2s1. The van der Waals surface area contributed by atoms with Crippen molar-refractivity contribution in [3.05, 3.63) is 10.9 Å². The number of hydrogen-bond acceptors (Lipinski definition) is 6. The van der Waals surface area contributed by atoms with Gasteiger partial charge in [-0.1, -0.05) is 6.92 Å². The maximum atomic E-state index is 11.4. The fourth-order valence-corrected chi connectivity index (χ4v) is 4.68. The zero-order valence-electron chi connectivity index (χ0n) is 11.4. The zero-order chi connectivity index (χ0) is 14.1. The first-order valence-electron chi connectivity index (χ1n) is 6.83. The second-order valence-electron chi connectivity index (χ2n) is 4.98. The van der Waals surface area contributed by atoms with Crippen LogP contribution in [0.5, 0.6) is 0 Å². The van der Waals surface area contributed by atoms with Gasteiger partial charge in [-0.2, -0.15) is 4.98 Å². The molecule has 0 amide bonds. The first kappa shape index (κ1) is 13.8. The van der Waals surface area contributed by atoms with Gasteiger partial charge < -0.3 is 11.1 Å². The summed E-state index contributed by atoms with van der Waals surface area (Å²) in [4.78, 5) is 10.9. The summed E-state index contributed by atoms with van der Waals surface area (Å²) in [7, 11) is -0.643. The number of nitrogens with one attached hydrogen (secondary N) is 1. The van der Waals surface area contributed by atoms with Crippen molar-refractivity contribution >= 4 is 44.1 Å². The van der Waals surface area contributed by atoms with E-state index in [1.807, 2.05) is 0 Å². The van der Waals surface area contributed by atoms with E-state index < -0.39 is 10.8 Å². The Balaban J connectivity index is 1.89. The molecule has 2 aromatic rings. The van der Waals surface area contributed by atoms with Crippen LogP contribution in [0.3, 0.4) is 0 Å². The number of aryl methyl sites for hydroxylation is 1. The van der Waals surface area contributed by atoms with Gasteiger partial charge in [0, 0.05) is 33.2 Å². The van der Waals surface area contributed by atoms with Crippen molar-refractivity contribution in [2.24, 2.45) is 0 Å². The van der Waals surface area contributed by atoms with E-state index in [4.69, 9.17) is 5.73 Å². The monoisotopic (exact) mass is 310 g/mol. The Morgan fingerprint density at radius 3 is 2.90 bits per heavy atom. The summed E-state index contributed by atoms with van der Waals surface area (Å²) >= 11 is 1.67. The molecule has 0 spiro atoms. The molecule has 1 fully saturated rings. The average molecular weight is 310 g/mol. The lowest BCUT2D eigenvalue weighted by Crippen LogP contribution is -2.29. The van der Waals surface area contributed by atoms with E-state index >= 15 is 0 Å². The maximum Gasteiger partial charge on any atom is 0.223 e. The normalized spacial score (nSPS) is 23.1. The highest BCUT2D eigenvalue weighted by atomic mass is 32.2. The lowest BCUT2D eigenvalue weighted by Gasteiger charge is -2.23. The van der Waals surface area contributed by atoms with E-state index in [1.54, 1.807) is 11.3 Å². The quantitative estimate of drug-likeness (QED) is 0.908. The van der Waals surface area contributed by atoms with Crippen LogP contribution in [0.15, 0.2) is 6.07 Å². The highest BCUT2D eigenvalue weighted by Gasteiger charge is 2.19. The van der Waals surface area contributed by atoms with Crippen LogP contribution in [-0.2, 0) is 17.2 Å². The maximum absolute atomic E-state index is 11.4. The molecule has 2 aromatic heterocycles. The van der Waals surface area contributed by atoms with E-state index in [2.05, 4.69) is 28.3 Å². The average Bonchev–Trinajstić information content (AvgIpc) is 2.84. The molecule has 5 nitrogen and oxygen atoms in total. The van der Waals surface area contributed by atoms with E-state index in [9.17, 15) is 4.21 Å². The topological polar surface area (TPSA) is 80.9 Å². The van der Waals surface area contributed by atoms with Crippen LogP contribution >= 0.6 is 11.3 Å². The standard InChI is InChI=1S/C13H18N4OS2/c1-2-9-7-10-11(16-13(14)17-12(10)19-9)15-8-3-5-20(18)6-4-8/h7-8H,2-6H2,1H3,(H3,14,15,16,17). The molecule has 0 atom stereocenters. The molecular formula is C13H18N4OS2. The molecule has 3 rings (SSSR count). The Morgan fingerprint density at radius 2 is 2.20 bits per heavy atom. The van der Waals surface area contributed by atoms with Gasteiger partial charge in [0.15, 0.2) is 0 Å². The Kier molecular flexibility index (Phi) is 3.89. The number of aromatic nitrogens is 2. The van der Waals surface area contributed by atoms with Gasteiger partial charge in [0.25, 0.3) is 0 Å². The number of thiophene rings is 1. The molecule has 0 unspecified atom stereocenters. The van der Waals surface area contributed by atoms with Gasteiger partial charge in [-0.25, -0.2) is 4.98 Å². The minimum Gasteiger partial charge on any atom is -0.368 e. The van der Waals surface area contributed by atoms with E-state index in [-0.39, 0.29) is 0 Å². The molecule has 0 bridgehead atoms. The van der Waals surface area contributed by atoms with Crippen LogP contribution in [-0.4, -0.2) is 31.7 Å². The molecule has 108 valence electrons. The minimum atomic E-state index is -0.643. The van der Waals surface area contributed by atoms with Gasteiger partial charge in [-0.15, -0.1) is 11.3 Å². The van der Waals surface area contributed by atoms with Crippen molar-refractivity contribution in [1.82, 2.24) is 9.97 Å². The van der Waals surface area contributed by atoms with Crippen molar-refractivity contribution < 1.29 is 4.21 Å². The third-order valence-electron chi connectivity index (χ3n) is 3.54. The second kappa shape index (κ2) is 5.65. The number of fused-ring (bicyclic) bond motifs is 1. The molecule has 0 radical (unpaired) electrons. The molecule has 0 aliphatic carbocycles. The number of hydrogen-bond donors (Lipinski definition) is 2. The summed E-state index contributed by atoms with van der Waals surface area (Å²) < 4.78 is 11.4. The van der Waals surface area contributed by atoms with Crippen LogP contribution < -0.4 is 11.1 Å². The van der Waals surface area contributed by atoms with Crippen LogP contribution in [0.25, 0.3) is 10.2 Å². The molecule has 0 saturated carbocycles. The molecule has 20 heavy (non-hydrogen) atoms. The number of nitrogen functional groups attached to an aromatic ring is 1. The summed E-state index contributed by atoms with van der Waals surface area (Å²) in [6.45, 7) is 2.13. The highest BCUT2D eigenvalue weighted by molar-refractivity contribution is 7.85. The van der Waals surface area contributed by atoms with Crippen molar-refractivity contribution in [3.8, 4) is 0 Å². The molecule has 1 aliphatic rings. The van der Waals surface area contributed by atoms with Crippen molar-refractivity contribution in [3.63, 3.8) is 0 Å². The predicted molar refractivity (Wildman–Crippen MR) is 85.7 cm³/mol. The van der Waals surface area contributed by atoms with E-state index in [0.29, 0.717) is 12.0 Å². The molecule has 3 N–H and O–H groups in total. The third-order valence-corrected chi connectivity index (χ3v) is 6.09. The number of nitrogens with zero attached hydrogens (tertiary/aromatic N) is 2. The zero-order valence-corrected chi connectivity index (χ0v) is 13.0. The molecular weight excluding hydrogens is 292 g/mol. The summed E-state index contributed by atoms with van der Waals surface area (Å²) in [6, 6.07) is 2.47. The van der Waals surface area contributed by atoms with Crippen LogP contribution in [0, 0.1) is 0 Å². The molecule has 0 aromatic carbocycles. The summed E-state index contributed by atoms with van der Waals surface area (Å²) in [5.41, 5.74) is 5.80. The van der Waals surface area contributed by atoms with Gasteiger partial charge in [0.2, 0.25) is 5.95 Å². The lowest BCUT2D eigenvalue weighted by molar-refractivity contribution is 0.623. The van der Waals surface area contributed by atoms with Gasteiger partial charge in [-0.05, 0) is 25.3 Å². The Bertz CT molecular complexity index is 645. The van der Waals surface area contributed by atoms with Gasteiger partial charge in [-0.3, -0.25) is 4.21 Å². The van der Waals surface area contributed by atoms with E-state index in [1.165, 1.54) is 4.88 Å². The predicted octanol–water partition coefficient (Wildman–Crippen LogP) is 2.16. The van der Waals surface area contributed by atoms with E-state index in [0.717, 1.165) is 46.8 Å². The van der Waals surface area contributed by atoms with Gasteiger partial charge in [0.05, 0.1) is 5.39 Å². The van der Waals surface area contributed by atoms with Crippen LogP contribution in [0.4, 0.5) is 11.8 Å². The number of rotatable bonds is 3. The molecule has 7 heteroatoms. The largest absolute Gasteiger partial charge is 0.368 e. The minimum absolute atomic E-state index is 0.309. The van der Waals surface area contributed by atoms with Crippen LogP contribution in [0.1, 0.15) is 24.6 Å². The summed E-state index contributed by atoms with van der Waals surface area (Å²) in [6.07, 6.45) is 2.83. The molecule has 3 heterocycles. The second-order valence-corrected chi connectivity index (χ2v) is 7.79. The molecule has 1 saturated heterocycles. The van der Waals surface area contributed by atoms with Crippen molar-refractivity contribution in [2.45, 2.75) is 32.2 Å². The summed E-state index contributed by atoms with van der Waals surface area (Å²) in [5, 5.41) is 4.51. The lowest BCUT2D eigenvalue weighted by atomic mass is 10.1. The van der Waals surface area contributed by atoms with Crippen LogP contribution in [0.2, 0.25) is 0 Å². The highest BCUT2D eigenvalue weighted by Crippen LogP contribution is 2.30. The van der Waals surface area contributed by atoms with Gasteiger partial charge >= 0.3 is 0 Å². The Labute approximate surface area is 124 Å². The first-order valence-corrected chi connectivity index (χ1v) is 9.13. The smallest absolute Gasteiger partial charge is 0.223 e. The Hall–Kier alpha value is -1.21. The van der Waals surface area contributed by atoms with Crippen molar-refractivity contribution in [1.29, 1.82) is 0 Å². The first-order chi connectivity index (χ1) is 9.65. The Morgan fingerprint density at radius 1 is 1.45 bits per heavy atom.